The van der Waals surface area contributed by atoms with Crippen molar-refractivity contribution in [3.05, 3.63) is 6.92 Å². The summed E-state index contributed by atoms with van der Waals surface area (Å²) in [6.07, 6.45) is 5.22. The Hall–Kier alpha value is -0.500. The quantitative estimate of drug-likeness (QED) is 0.246. The van der Waals surface area contributed by atoms with E-state index in [-0.39, 0.29) is 26.0 Å². The standard InChI is InChI=1S/C11H20O5P/c1-4-7-13-8-9-14-10-11-17(12,15-5-2)16-6-3/h1H,2,5-11H2,3H3/q+1. The van der Waals surface area contributed by atoms with Crippen molar-refractivity contribution in [2.24, 2.45) is 0 Å². The van der Waals surface area contributed by atoms with Gasteiger partial charge in [-0.3, -0.25) is 9.09 Å². The SMILES string of the molecule is C#CCOCCOCCP(=O)(OC[CH2+])OCC. The minimum Gasteiger partial charge on any atom is -0.378 e. The average Bonchev–Trinajstić information content (AvgIpc) is 2.28. The van der Waals surface area contributed by atoms with Gasteiger partial charge in [0.05, 0.1) is 39.5 Å². The fourth-order valence-electron chi connectivity index (χ4n) is 1.03. The zero-order valence-electron chi connectivity index (χ0n) is 10.2. The second-order valence-electron chi connectivity index (χ2n) is 2.95. The summed E-state index contributed by atoms with van der Waals surface area (Å²) >= 11 is 0. The van der Waals surface area contributed by atoms with Gasteiger partial charge in [0.15, 0.2) is 6.61 Å². The van der Waals surface area contributed by atoms with E-state index in [1.165, 1.54) is 0 Å². The van der Waals surface area contributed by atoms with Crippen LogP contribution in [0, 0.1) is 19.3 Å². The summed E-state index contributed by atoms with van der Waals surface area (Å²) in [5.74, 6) is 2.35. The van der Waals surface area contributed by atoms with Crippen LogP contribution in [0.4, 0.5) is 0 Å². The number of hydrogen-bond acceptors (Lipinski definition) is 5. The molecule has 98 valence electrons. The van der Waals surface area contributed by atoms with Crippen molar-refractivity contribution in [2.75, 3.05) is 45.8 Å². The highest BCUT2D eigenvalue weighted by Gasteiger charge is 2.24. The third kappa shape index (κ3) is 9.22. The Labute approximate surface area is 103 Å². The molecule has 0 aliphatic carbocycles. The second-order valence-corrected chi connectivity index (χ2v) is 5.14. The molecule has 1 atom stereocenters. The van der Waals surface area contributed by atoms with Gasteiger partial charge in [-0.25, -0.2) is 0 Å². The van der Waals surface area contributed by atoms with Crippen molar-refractivity contribution in [2.45, 2.75) is 6.92 Å². The smallest absolute Gasteiger partial charge is 0.336 e. The van der Waals surface area contributed by atoms with Crippen LogP contribution in [-0.4, -0.2) is 45.8 Å². The maximum Gasteiger partial charge on any atom is 0.336 e. The third-order valence-corrected chi connectivity index (χ3v) is 3.64. The normalized spacial score (nSPS) is 14.1. The van der Waals surface area contributed by atoms with Crippen LogP contribution < -0.4 is 0 Å². The van der Waals surface area contributed by atoms with Crippen LogP contribution in [-0.2, 0) is 23.1 Å². The highest BCUT2D eigenvalue weighted by Crippen LogP contribution is 2.47. The van der Waals surface area contributed by atoms with E-state index in [1.54, 1.807) is 6.92 Å². The van der Waals surface area contributed by atoms with Gasteiger partial charge in [-0.1, -0.05) is 5.92 Å². The molecule has 0 aromatic carbocycles. The first-order valence-electron chi connectivity index (χ1n) is 5.45. The van der Waals surface area contributed by atoms with E-state index in [1.807, 2.05) is 0 Å². The summed E-state index contributed by atoms with van der Waals surface area (Å²) in [6.45, 7) is 7.06. The predicted octanol–water partition coefficient (Wildman–Crippen LogP) is 1.73. The molecular weight excluding hydrogens is 243 g/mol. The lowest BCUT2D eigenvalue weighted by Crippen LogP contribution is -2.10. The molecule has 0 spiro atoms. The molecule has 0 aliphatic rings. The van der Waals surface area contributed by atoms with Gasteiger partial charge in [0, 0.05) is 0 Å². The van der Waals surface area contributed by atoms with Crippen molar-refractivity contribution >= 4 is 7.60 Å². The first kappa shape index (κ1) is 16.5. The van der Waals surface area contributed by atoms with Gasteiger partial charge in [-0.15, -0.1) is 6.42 Å². The first-order valence-corrected chi connectivity index (χ1v) is 7.17. The highest BCUT2D eigenvalue weighted by molar-refractivity contribution is 7.53. The molecule has 0 amide bonds. The number of hydrogen-bond donors (Lipinski definition) is 0. The molecule has 0 radical (unpaired) electrons. The summed E-state index contributed by atoms with van der Waals surface area (Å²) in [6, 6.07) is 0. The average molecular weight is 263 g/mol. The van der Waals surface area contributed by atoms with Crippen LogP contribution >= 0.6 is 7.60 Å². The van der Waals surface area contributed by atoms with Gasteiger partial charge < -0.3 is 14.0 Å². The molecule has 0 saturated carbocycles. The Bertz CT molecular complexity index is 251. The molecule has 1 unspecified atom stereocenters. The molecule has 0 aliphatic heterocycles. The van der Waals surface area contributed by atoms with E-state index in [4.69, 9.17) is 24.9 Å². The van der Waals surface area contributed by atoms with E-state index in [0.29, 0.717) is 19.8 Å². The van der Waals surface area contributed by atoms with Gasteiger partial charge in [0.2, 0.25) is 0 Å². The fourth-order valence-corrected chi connectivity index (χ4v) is 2.39. The van der Waals surface area contributed by atoms with Crippen molar-refractivity contribution in [3.63, 3.8) is 0 Å². The molecular formula is C11H20O5P+. The minimum atomic E-state index is -3.04. The number of rotatable bonds is 11. The first-order chi connectivity index (χ1) is 8.18. The van der Waals surface area contributed by atoms with Crippen LogP contribution in [0.25, 0.3) is 0 Å². The van der Waals surface area contributed by atoms with E-state index in [0.717, 1.165) is 0 Å². The van der Waals surface area contributed by atoms with Crippen LogP contribution in [0.3, 0.4) is 0 Å². The van der Waals surface area contributed by atoms with E-state index in [2.05, 4.69) is 12.8 Å². The Balaban J connectivity index is 3.62. The number of ether oxygens (including phenoxy) is 2. The highest BCUT2D eigenvalue weighted by atomic mass is 31.2. The summed E-state index contributed by atoms with van der Waals surface area (Å²) in [4.78, 5) is 0. The van der Waals surface area contributed by atoms with Crippen LogP contribution in [0.5, 0.6) is 0 Å². The molecule has 0 N–H and O–H groups in total. The van der Waals surface area contributed by atoms with Crippen LogP contribution in [0.1, 0.15) is 6.92 Å². The minimum absolute atomic E-state index is 0.114. The van der Waals surface area contributed by atoms with Crippen molar-refractivity contribution in [1.29, 1.82) is 0 Å². The summed E-state index contributed by atoms with van der Waals surface area (Å²) in [7, 11) is -3.04. The van der Waals surface area contributed by atoms with Gasteiger partial charge in [0.25, 0.3) is 0 Å². The predicted molar refractivity (Wildman–Crippen MR) is 65.9 cm³/mol. The Morgan fingerprint density at radius 3 is 2.53 bits per heavy atom. The molecule has 0 fully saturated rings. The molecule has 0 aromatic heterocycles. The molecule has 5 nitrogen and oxygen atoms in total. The van der Waals surface area contributed by atoms with Crippen molar-refractivity contribution in [1.82, 2.24) is 0 Å². The lowest BCUT2D eigenvalue weighted by atomic mass is 10.7. The maximum absolute atomic E-state index is 11.9. The molecule has 0 saturated heterocycles. The molecule has 17 heavy (non-hydrogen) atoms. The van der Waals surface area contributed by atoms with Gasteiger partial charge >= 0.3 is 7.60 Å². The maximum atomic E-state index is 11.9. The van der Waals surface area contributed by atoms with Crippen molar-refractivity contribution < 1.29 is 23.1 Å². The van der Waals surface area contributed by atoms with Gasteiger partial charge in [-0.05, 0) is 6.92 Å². The Morgan fingerprint density at radius 1 is 1.24 bits per heavy atom. The lowest BCUT2D eigenvalue weighted by Gasteiger charge is -2.15. The van der Waals surface area contributed by atoms with Crippen molar-refractivity contribution in [3.8, 4) is 12.3 Å². The topological polar surface area (TPSA) is 54.0 Å². The van der Waals surface area contributed by atoms with Gasteiger partial charge in [-0.2, -0.15) is 0 Å². The zero-order chi connectivity index (χ0) is 13.0. The monoisotopic (exact) mass is 263 g/mol. The molecule has 0 bridgehead atoms. The van der Waals surface area contributed by atoms with Gasteiger partial charge in [0.1, 0.15) is 6.61 Å². The largest absolute Gasteiger partial charge is 0.378 e. The summed E-state index contributed by atoms with van der Waals surface area (Å²) < 4.78 is 32.2. The van der Waals surface area contributed by atoms with E-state index in [9.17, 15) is 4.57 Å². The van der Waals surface area contributed by atoms with Crippen LogP contribution in [0.2, 0.25) is 0 Å². The molecule has 0 heterocycles. The van der Waals surface area contributed by atoms with E-state index >= 15 is 0 Å². The summed E-state index contributed by atoms with van der Waals surface area (Å²) in [5, 5.41) is 0. The number of terminal acetylenes is 1. The summed E-state index contributed by atoms with van der Waals surface area (Å²) in [5.41, 5.74) is 0. The van der Waals surface area contributed by atoms with E-state index < -0.39 is 7.60 Å². The Morgan fingerprint density at radius 2 is 1.94 bits per heavy atom. The molecule has 6 heteroatoms. The second kappa shape index (κ2) is 10.6. The zero-order valence-corrected chi connectivity index (χ0v) is 11.1. The molecule has 0 aromatic rings. The third-order valence-electron chi connectivity index (χ3n) is 1.68. The Kier molecular flexibility index (Phi) is 10.3. The fraction of sp³-hybridized carbons (Fsp3) is 0.727. The van der Waals surface area contributed by atoms with Crippen LogP contribution in [0.15, 0.2) is 0 Å². The molecule has 0 rings (SSSR count). The lowest BCUT2D eigenvalue weighted by molar-refractivity contribution is 0.0648.